The molecule has 0 saturated carbocycles. The minimum absolute atomic E-state index is 0.842. The first kappa shape index (κ1) is 26.5. The molecule has 9 aromatic rings. The first-order chi connectivity index (χ1) is 22.8. The predicted octanol–water partition coefficient (Wildman–Crippen LogP) is 12.2. The minimum atomic E-state index is 0.842. The molecule has 0 aliphatic carbocycles. The second kappa shape index (κ2) is 10.9. The number of hydrogen-bond donors (Lipinski definition) is 0. The maximum absolute atomic E-state index is 2.40. The molecule has 1 nitrogen and oxygen atoms in total. The van der Waals surface area contributed by atoms with Gasteiger partial charge in [-0.05, 0) is 85.3 Å². The van der Waals surface area contributed by atoms with Crippen LogP contribution in [0.4, 0.5) is 0 Å². The summed E-state index contributed by atoms with van der Waals surface area (Å²) in [6.45, 7) is 0. The van der Waals surface area contributed by atoms with Crippen LogP contribution in [-0.4, -0.2) is 4.57 Å². The van der Waals surface area contributed by atoms with Crippen LogP contribution in [0.25, 0.3) is 77.0 Å². The van der Waals surface area contributed by atoms with Crippen LogP contribution in [0, 0.1) is 0 Å². The molecular weight excluding hydrogens is 555 g/mol. The molecule has 0 amide bonds. The number of rotatable bonds is 5. The molecule has 8 aromatic carbocycles. The number of benzene rings is 8. The Bertz CT molecular complexity index is 2550. The zero-order valence-corrected chi connectivity index (χ0v) is 25.4. The zero-order chi connectivity index (χ0) is 30.5. The van der Waals surface area contributed by atoms with E-state index in [1.807, 2.05) is 0 Å². The van der Waals surface area contributed by atoms with E-state index in [4.69, 9.17) is 0 Å². The number of nitrogens with zero attached hydrogens (tertiary/aromatic N) is 1. The van der Waals surface area contributed by atoms with Gasteiger partial charge in [0, 0.05) is 16.5 Å². The number of allylic oxidation sites excluding steroid dienone is 1. The van der Waals surface area contributed by atoms with E-state index in [2.05, 4.69) is 181 Å². The Balaban J connectivity index is 1.19. The van der Waals surface area contributed by atoms with Gasteiger partial charge in [0.1, 0.15) is 0 Å². The summed E-state index contributed by atoms with van der Waals surface area (Å²) < 4.78 is 2.40. The third-order valence-corrected chi connectivity index (χ3v) is 9.41. The molecule has 46 heavy (non-hydrogen) atoms. The van der Waals surface area contributed by atoms with Gasteiger partial charge in [-0.1, -0.05) is 152 Å². The van der Waals surface area contributed by atoms with Gasteiger partial charge in [0.25, 0.3) is 0 Å². The Morgan fingerprint density at radius 1 is 0.457 bits per heavy atom. The van der Waals surface area contributed by atoms with Crippen molar-refractivity contribution in [2.24, 2.45) is 0 Å². The molecule has 1 aromatic heterocycles. The highest BCUT2D eigenvalue weighted by molar-refractivity contribution is 6.25. The van der Waals surface area contributed by atoms with Gasteiger partial charge in [0.2, 0.25) is 0 Å². The third kappa shape index (κ3) is 4.24. The zero-order valence-electron chi connectivity index (χ0n) is 25.4. The van der Waals surface area contributed by atoms with Crippen LogP contribution >= 0.6 is 0 Å². The molecular formula is C45H31N. The van der Waals surface area contributed by atoms with Crippen molar-refractivity contribution >= 4 is 60.2 Å². The van der Waals surface area contributed by atoms with Crippen molar-refractivity contribution in [3.05, 3.63) is 181 Å². The number of para-hydroxylation sites is 2. The average Bonchev–Trinajstić information content (AvgIpc) is 3.46. The molecule has 0 bridgehead atoms. The average molecular weight is 586 g/mol. The van der Waals surface area contributed by atoms with Crippen molar-refractivity contribution in [3.63, 3.8) is 0 Å². The van der Waals surface area contributed by atoms with E-state index >= 15 is 0 Å². The highest BCUT2D eigenvalue weighted by Crippen LogP contribution is 2.43. The van der Waals surface area contributed by atoms with Crippen molar-refractivity contribution in [3.8, 4) is 16.8 Å². The van der Waals surface area contributed by atoms with Crippen LogP contribution in [0.2, 0.25) is 0 Å². The number of fused-ring (bicyclic) bond motifs is 7. The molecule has 0 saturated heterocycles. The van der Waals surface area contributed by atoms with E-state index in [9.17, 15) is 0 Å². The van der Waals surface area contributed by atoms with Gasteiger partial charge >= 0.3 is 0 Å². The normalized spacial score (nSPS) is 11.9. The van der Waals surface area contributed by atoms with Gasteiger partial charge < -0.3 is 4.57 Å². The SMILES string of the molecule is C(=C\c1c2ccccc2c(-c2ccccc2)c2c1ccc1ccccc12)/Cc1cccc(-n2c3ccccc3c3ccccc32)c1. The Morgan fingerprint density at radius 3 is 1.85 bits per heavy atom. The number of hydrogen-bond acceptors (Lipinski definition) is 0. The summed E-state index contributed by atoms with van der Waals surface area (Å²) in [7, 11) is 0. The fourth-order valence-electron chi connectivity index (χ4n) is 7.40. The van der Waals surface area contributed by atoms with E-state index < -0.39 is 0 Å². The van der Waals surface area contributed by atoms with Crippen LogP contribution in [0.1, 0.15) is 11.1 Å². The second-order valence-electron chi connectivity index (χ2n) is 12.1. The highest BCUT2D eigenvalue weighted by Gasteiger charge is 2.16. The summed E-state index contributed by atoms with van der Waals surface area (Å²) in [6, 6.07) is 59.5. The smallest absolute Gasteiger partial charge is 0.0541 e. The van der Waals surface area contributed by atoms with Gasteiger partial charge in [-0.15, -0.1) is 0 Å². The lowest BCUT2D eigenvalue weighted by Crippen LogP contribution is -1.95. The highest BCUT2D eigenvalue weighted by atomic mass is 15.0. The molecule has 1 heteroatoms. The molecule has 0 fully saturated rings. The van der Waals surface area contributed by atoms with E-state index in [0.717, 1.165) is 6.42 Å². The van der Waals surface area contributed by atoms with Gasteiger partial charge in [-0.2, -0.15) is 0 Å². The summed E-state index contributed by atoms with van der Waals surface area (Å²) >= 11 is 0. The summed E-state index contributed by atoms with van der Waals surface area (Å²) in [5.41, 5.74) is 8.78. The van der Waals surface area contributed by atoms with E-state index in [-0.39, 0.29) is 0 Å². The van der Waals surface area contributed by atoms with Crippen molar-refractivity contribution < 1.29 is 0 Å². The molecule has 216 valence electrons. The fourth-order valence-corrected chi connectivity index (χ4v) is 7.40. The molecule has 0 N–H and O–H groups in total. The van der Waals surface area contributed by atoms with Crippen molar-refractivity contribution in [1.82, 2.24) is 4.57 Å². The van der Waals surface area contributed by atoms with Crippen LogP contribution in [-0.2, 0) is 6.42 Å². The summed E-state index contributed by atoms with van der Waals surface area (Å²) in [4.78, 5) is 0. The first-order valence-electron chi connectivity index (χ1n) is 16.0. The number of aromatic nitrogens is 1. The Kier molecular flexibility index (Phi) is 6.28. The predicted molar refractivity (Wildman–Crippen MR) is 198 cm³/mol. The van der Waals surface area contributed by atoms with Crippen molar-refractivity contribution in [2.75, 3.05) is 0 Å². The third-order valence-electron chi connectivity index (χ3n) is 9.41. The topological polar surface area (TPSA) is 4.93 Å². The maximum Gasteiger partial charge on any atom is 0.0541 e. The molecule has 0 atom stereocenters. The van der Waals surface area contributed by atoms with Crippen molar-refractivity contribution in [2.45, 2.75) is 6.42 Å². The molecule has 0 spiro atoms. The summed E-state index contributed by atoms with van der Waals surface area (Å²) in [6.07, 6.45) is 5.53. The van der Waals surface area contributed by atoms with Gasteiger partial charge in [-0.25, -0.2) is 0 Å². The lowest BCUT2D eigenvalue weighted by Gasteiger charge is -2.17. The van der Waals surface area contributed by atoms with Gasteiger partial charge in [0.15, 0.2) is 0 Å². The molecule has 0 radical (unpaired) electrons. The Labute approximate surface area is 268 Å². The molecule has 0 unspecified atom stereocenters. The standard InChI is InChI=1S/C45H31N/c1-2-17-33(18-3-1)44-40-24-7-6-21-36(40)37(41-29-28-32-16-4-5-20-35(32)45(41)44)25-13-15-31-14-12-19-34(30-31)46-42-26-10-8-22-38(42)39-23-9-11-27-43(39)46/h1-14,16-30H,15H2/b25-13+. The van der Waals surface area contributed by atoms with Crippen LogP contribution in [0.3, 0.4) is 0 Å². The maximum atomic E-state index is 2.40. The van der Waals surface area contributed by atoms with E-state index in [1.165, 1.54) is 82.1 Å². The minimum Gasteiger partial charge on any atom is -0.309 e. The molecule has 0 aliphatic heterocycles. The largest absolute Gasteiger partial charge is 0.309 e. The van der Waals surface area contributed by atoms with E-state index in [1.54, 1.807) is 0 Å². The van der Waals surface area contributed by atoms with Crippen LogP contribution in [0.15, 0.2) is 170 Å². The molecule has 1 heterocycles. The molecule has 0 aliphatic rings. The van der Waals surface area contributed by atoms with Gasteiger partial charge in [-0.3, -0.25) is 0 Å². The van der Waals surface area contributed by atoms with E-state index in [0.29, 0.717) is 0 Å². The lowest BCUT2D eigenvalue weighted by atomic mass is 9.86. The fraction of sp³-hybridized carbons (Fsp3) is 0.0222. The Morgan fingerprint density at radius 2 is 1.09 bits per heavy atom. The Hall–Kier alpha value is -5.92. The first-order valence-corrected chi connectivity index (χ1v) is 16.0. The van der Waals surface area contributed by atoms with Crippen LogP contribution < -0.4 is 0 Å². The monoisotopic (exact) mass is 585 g/mol. The second-order valence-corrected chi connectivity index (χ2v) is 12.1. The van der Waals surface area contributed by atoms with Gasteiger partial charge in [0.05, 0.1) is 11.0 Å². The quantitative estimate of drug-likeness (QED) is 0.140. The van der Waals surface area contributed by atoms with Crippen LogP contribution in [0.5, 0.6) is 0 Å². The van der Waals surface area contributed by atoms with Crippen molar-refractivity contribution in [1.29, 1.82) is 0 Å². The summed E-state index contributed by atoms with van der Waals surface area (Å²) in [5, 5.41) is 10.3. The molecule has 9 rings (SSSR count). The lowest BCUT2D eigenvalue weighted by molar-refractivity contribution is 1.16. The summed E-state index contributed by atoms with van der Waals surface area (Å²) in [5.74, 6) is 0.